The zero-order chi connectivity index (χ0) is 19.4. The average Bonchev–Trinajstić information content (AvgIpc) is 2.68. The summed E-state index contributed by atoms with van der Waals surface area (Å²) >= 11 is 0. The van der Waals surface area contributed by atoms with Gasteiger partial charge in [0.15, 0.2) is 0 Å². The first-order valence-electron chi connectivity index (χ1n) is 8.75. The van der Waals surface area contributed by atoms with Crippen molar-refractivity contribution in [1.29, 1.82) is 0 Å². The standard InChI is InChI=1S/C19H22N2O5S/c1-26-19-9-5-3-7-17(19)15-10-12-20(13-11-15)27(24,25)14-16-6-2-4-8-18(16)21(22)23/h2-9,15H,10-14H2,1H3. The lowest BCUT2D eigenvalue weighted by molar-refractivity contribution is -0.385. The van der Waals surface area contributed by atoms with Crippen LogP contribution < -0.4 is 4.74 Å². The van der Waals surface area contributed by atoms with Crippen molar-refractivity contribution in [2.24, 2.45) is 0 Å². The largest absolute Gasteiger partial charge is 0.496 e. The molecule has 0 bridgehead atoms. The summed E-state index contributed by atoms with van der Waals surface area (Å²) in [6.45, 7) is 0.789. The molecule has 0 spiro atoms. The van der Waals surface area contributed by atoms with Crippen molar-refractivity contribution in [3.8, 4) is 5.75 Å². The summed E-state index contributed by atoms with van der Waals surface area (Å²) in [4.78, 5) is 10.6. The SMILES string of the molecule is COc1ccccc1C1CCN(S(=O)(=O)Cc2ccccc2[N+](=O)[O-])CC1. The Balaban J connectivity index is 1.71. The van der Waals surface area contributed by atoms with Gasteiger partial charge in [0.1, 0.15) is 5.75 Å². The summed E-state index contributed by atoms with van der Waals surface area (Å²) in [6, 6.07) is 13.8. The van der Waals surface area contributed by atoms with Gasteiger partial charge in [0.2, 0.25) is 10.0 Å². The minimum atomic E-state index is -3.62. The van der Waals surface area contributed by atoms with E-state index in [1.54, 1.807) is 13.2 Å². The van der Waals surface area contributed by atoms with Crippen molar-refractivity contribution >= 4 is 15.7 Å². The van der Waals surface area contributed by atoms with Crippen molar-refractivity contribution in [2.75, 3.05) is 20.2 Å². The van der Waals surface area contributed by atoms with Gasteiger partial charge < -0.3 is 4.74 Å². The number of hydrogen-bond donors (Lipinski definition) is 0. The second-order valence-corrected chi connectivity index (χ2v) is 8.53. The maximum Gasteiger partial charge on any atom is 0.273 e. The summed E-state index contributed by atoms with van der Waals surface area (Å²) in [5.74, 6) is 0.695. The molecule has 144 valence electrons. The minimum absolute atomic E-state index is 0.162. The van der Waals surface area contributed by atoms with Crippen LogP contribution in [0.2, 0.25) is 0 Å². The molecular weight excluding hydrogens is 368 g/mol. The molecule has 27 heavy (non-hydrogen) atoms. The summed E-state index contributed by atoms with van der Waals surface area (Å²) < 4.78 is 32.4. The van der Waals surface area contributed by atoms with Crippen LogP contribution in [-0.2, 0) is 15.8 Å². The predicted octanol–water partition coefficient (Wildman–Crippen LogP) is 3.31. The van der Waals surface area contributed by atoms with Gasteiger partial charge in [-0.25, -0.2) is 12.7 Å². The van der Waals surface area contributed by atoms with E-state index in [1.165, 1.54) is 22.5 Å². The first-order chi connectivity index (χ1) is 12.9. The van der Waals surface area contributed by atoms with E-state index in [4.69, 9.17) is 4.74 Å². The predicted molar refractivity (Wildman–Crippen MR) is 102 cm³/mol. The Bertz CT molecular complexity index is 921. The van der Waals surface area contributed by atoms with Crippen LogP contribution in [0.4, 0.5) is 5.69 Å². The van der Waals surface area contributed by atoms with E-state index in [2.05, 4.69) is 0 Å². The molecule has 1 saturated heterocycles. The topological polar surface area (TPSA) is 89.8 Å². The zero-order valence-corrected chi connectivity index (χ0v) is 15.9. The Morgan fingerprint density at radius 3 is 2.41 bits per heavy atom. The van der Waals surface area contributed by atoms with Gasteiger partial charge in [0, 0.05) is 24.7 Å². The number of methoxy groups -OCH3 is 1. The third kappa shape index (κ3) is 4.28. The molecular formula is C19H22N2O5S. The van der Waals surface area contributed by atoms with Crippen LogP contribution in [0, 0.1) is 10.1 Å². The van der Waals surface area contributed by atoms with Crippen LogP contribution in [0.25, 0.3) is 0 Å². The van der Waals surface area contributed by atoms with Gasteiger partial charge >= 0.3 is 0 Å². The third-order valence-electron chi connectivity index (χ3n) is 4.95. The highest BCUT2D eigenvalue weighted by Gasteiger charge is 2.31. The highest BCUT2D eigenvalue weighted by atomic mass is 32.2. The molecule has 1 aliphatic rings. The van der Waals surface area contributed by atoms with Crippen LogP contribution in [0.3, 0.4) is 0 Å². The Kier molecular flexibility index (Phi) is 5.76. The summed E-state index contributed by atoms with van der Waals surface area (Å²) in [7, 11) is -1.99. The third-order valence-corrected chi connectivity index (χ3v) is 6.78. The molecule has 0 saturated carbocycles. The average molecular weight is 390 g/mol. The number of piperidine rings is 1. The Labute approximate surface area is 158 Å². The highest BCUT2D eigenvalue weighted by molar-refractivity contribution is 7.88. The van der Waals surface area contributed by atoms with Crippen LogP contribution in [0.15, 0.2) is 48.5 Å². The van der Waals surface area contributed by atoms with Gasteiger partial charge in [0.25, 0.3) is 5.69 Å². The maximum atomic E-state index is 12.8. The Morgan fingerprint density at radius 2 is 1.74 bits per heavy atom. The van der Waals surface area contributed by atoms with Gasteiger partial charge in [0.05, 0.1) is 17.8 Å². The quantitative estimate of drug-likeness (QED) is 0.558. The molecule has 8 heteroatoms. The second kappa shape index (κ2) is 8.06. The van der Waals surface area contributed by atoms with Crippen molar-refractivity contribution < 1.29 is 18.1 Å². The summed E-state index contributed by atoms with van der Waals surface area (Å²) in [5, 5.41) is 11.1. The molecule has 1 aliphatic heterocycles. The van der Waals surface area contributed by atoms with Gasteiger partial charge in [-0.15, -0.1) is 0 Å². The van der Waals surface area contributed by atoms with Gasteiger partial charge in [-0.2, -0.15) is 0 Å². The molecule has 2 aromatic carbocycles. The molecule has 0 atom stereocenters. The normalized spacial score (nSPS) is 16.2. The molecule has 1 heterocycles. The molecule has 1 fully saturated rings. The number of nitrogens with zero attached hydrogens (tertiary/aromatic N) is 2. The highest BCUT2D eigenvalue weighted by Crippen LogP contribution is 2.35. The summed E-state index contributed by atoms with van der Waals surface area (Å²) in [6.07, 6.45) is 1.38. The molecule has 0 unspecified atom stereocenters. The fraction of sp³-hybridized carbons (Fsp3) is 0.368. The maximum absolute atomic E-state index is 12.8. The molecule has 0 aromatic heterocycles. The molecule has 7 nitrogen and oxygen atoms in total. The van der Waals surface area contributed by atoms with Crippen LogP contribution in [-0.4, -0.2) is 37.8 Å². The fourth-order valence-corrected chi connectivity index (χ4v) is 5.13. The molecule has 0 N–H and O–H groups in total. The van der Waals surface area contributed by atoms with Crippen LogP contribution in [0.1, 0.15) is 29.9 Å². The van der Waals surface area contributed by atoms with E-state index in [9.17, 15) is 18.5 Å². The van der Waals surface area contributed by atoms with Crippen molar-refractivity contribution in [2.45, 2.75) is 24.5 Å². The number of para-hydroxylation sites is 2. The van der Waals surface area contributed by atoms with Crippen molar-refractivity contribution in [3.05, 3.63) is 69.8 Å². The van der Waals surface area contributed by atoms with Crippen molar-refractivity contribution in [3.63, 3.8) is 0 Å². The number of nitro benzene ring substituents is 1. The fourth-order valence-electron chi connectivity index (χ4n) is 3.55. The summed E-state index contributed by atoms with van der Waals surface area (Å²) in [5.41, 5.74) is 1.15. The smallest absolute Gasteiger partial charge is 0.273 e. The number of sulfonamides is 1. The zero-order valence-electron chi connectivity index (χ0n) is 15.1. The first-order valence-corrected chi connectivity index (χ1v) is 10.4. The molecule has 0 aliphatic carbocycles. The number of nitro groups is 1. The van der Waals surface area contributed by atoms with E-state index >= 15 is 0 Å². The number of ether oxygens (including phenoxy) is 1. The Morgan fingerprint density at radius 1 is 1.11 bits per heavy atom. The molecule has 2 aromatic rings. The molecule has 0 radical (unpaired) electrons. The van der Waals surface area contributed by atoms with E-state index in [0.717, 1.165) is 11.3 Å². The lowest BCUT2D eigenvalue weighted by Gasteiger charge is -2.32. The van der Waals surface area contributed by atoms with Crippen molar-refractivity contribution in [1.82, 2.24) is 4.31 Å². The molecule has 0 amide bonds. The van der Waals surface area contributed by atoms with E-state index in [-0.39, 0.29) is 22.9 Å². The van der Waals surface area contributed by atoms with E-state index in [1.807, 2.05) is 24.3 Å². The van der Waals surface area contributed by atoms with Crippen LogP contribution in [0.5, 0.6) is 5.75 Å². The van der Waals surface area contributed by atoms with Gasteiger partial charge in [-0.05, 0) is 30.4 Å². The number of hydrogen-bond acceptors (Lipinski definition) is 5. The lowest BCUT2D eigenvalue weighted by atomic mass is 9.89. The Hall–Kier alpha value is -2.45. The first kappa shape index (κ1) is 19.3. The monoisotopic (exact) mass is 390 g/mol. The second-order valence-electron chi connectivity index (χ2n) is 6.56. The minimum Gasteiger partial charge on any atom is -0.496 e. The van der Waals surface area contributed by atoms with E-state index in [0.29, 0.717) is 25.9 Å². The van der Waals surface area contributed by atoms with Crippen LogP contribution >= 0.6 is 0 Å². The lowest BCUT2D eigenvalue weighted by Crippen LogP contribution is -2.38. The number of benzene rings is 2. The molecule has 3 rings (SSSR count). The van der Waals surface area contributed by atoms with Gasteiger partial charge in [-0.1, -0.05) is 36.4 Å². The van der Waals surface area contributed by atoms with E-state index < -0.39 is 14.9 Å². The number of rotatable bonds is 6. The van der Waals surface area contributed by atoms with Gasteiger partial charge in [-0.3, -0.25) is 10.1 Å².